The van der Waals surface area contributed by atoms with Gasteiger partial charge in [0, 0.05) is 32.3 Å². The third-order valence-corrected chi connectivity index (χ3v) is 4.63. The number of aliphatic hydroxyl groups is 1. The number of hydrogen-bond acceptors (Lipinski definition) is 3. The van der Waals surface area contributed by atoms with Gasteiger partial charge in [0.2, 0.25) is 0 Å². The first-order chi connectivity index (χ1) is 8.88. The van der Waals surface area contributed by atoms with E-state index in [1.54, 1.807) is 7.11 Å². The summed E-state index contributed by atoms with van der Waals surface area (Å²) in [6.45, 7) is 3.98. The summed E-state index contributed by atoms with van der Waals surface area (Å²) < 4.78 is 11.9. The predicted octanol–water partition coefficient (Wildman–Crippen LogP) is 2.84. The second kappa shape index (κ2) is 4.05. The molecule has 1 aromatic rings. The number of methoxy groups -OCH3 is 1. The summed E-state index contributed by atoms with van der Waals surface area (Å²) in [5, 5.41) is 10.5. The van der Waals surface area contributed by atoms with Gasteiger partial charge in [-0.15, -0.1) is 0 Å². The fourth-order valence-electron chi connectivity index (χ4n) is 4.08. The molecule has 0 amide bonds. The van der Waals surface area contributed by atoms with Crippen molar-refractivity contribution in [1.82, 2.24) is 0 Å². The molecule has 0 aliphatic carbocycles. The zero-order valence-electron chi connectivity index (χ0n) is 11.8. The lowest BCUT2D eigenvalue weighted by atomic mass is 9.78. The zero-order chi connectivity index (χ0) is 13.7. The molecular weight excluding hydrogens is 240 g/mol. The van der Waals surface area contributed by atoms with Crippen molar-refractivity contribution in [3.8, 4) is 0 Å². The van der Waals surface area contributed by atoms with Crippen LogP contribution in [0.5, 0.6) is 0 Å². The van der Waals surface area contributed by atoms with E-state index in [4.69, 9.17) is 9.47 Å². The third kappa shape index (κ3) is 2.10. The van der Waals surface area contributed by atoms with Crippen molar-refractivity contribution in [2.24, 2.45) is 0 Å². The number of rotatable bonds is 2. The van der Waals surface area contributed by atoms with Crippen LogP contribution in [0.15, 0.2) is 30.3 Å². The molecule has 2 saturated heterocycles. The van der Waals surface area contributed by atoms with Crippen molar-refractivity contribution < 1.29 is 14.6 Å². The lowest BCUT2D eigenvalue weighted by Crippen LogP contribution is -2.51. The standard InChI is InChI=1S/C16H22O3/c1-14(17)10-15(2)13(12-7-5-4-6-8-12)9-16(11-14,18-3)19-15/h4-8,13,17H,9-11H2,1-3H3/t13-,14+,15-,16-/m1/s1. The lowest BCUT2D eigenvalue weighted by molar-refractivity contribution is -0.294. The summed E-state index contributed by atoms with van der Waals surface area (Å²) >= 11 is 0. The predicted molar refractivity (Wildman–Crippen MR) is 72.9 cm³/mol. The molecule has 3 nitrogen and oxygen atoms in total. The summed E-state index contributed by atoms with van der Waals surface area (Å²) in [7, 11) is 1.68. The molecular formula is C16H22O3. The minimum absolute atomic E-state index is 0.266. The smallest absolute Gasteiger partial charge is 0.172 e. The Balaban J connectivity index is 2.01. The van der Waals surface area contributed by atoms with Crippen LogP contribution in [0.25, 0.3) is 0 Å². The van der Waals surface area contributed by atoms with Gasteiger partial charge in [-0.25, -0.2) is 0 Å². The molecule has 104 valence electrons. The molecule has 0 unspecified atom stereocenters. The van der Waals surface area contributed by atoms with Gasteiger partial charge in [-0.1, -0.05) is 30.3 Å². The van der Waals surface area contributed by atoms with E-state index in [1.165, 1.54) is 5.56 Å². The molecule has 3 heteroatoms. The van der Waals surface area contributed by atoms with Gasteiger partial charge < -0.3 is 14.6 Å². The van der Waals surface area contributed by atoms with Gasteiger partial charge in [0.15, 0.2) is 5.79 Å². The highest BCUT2D eigenvalue weighted by Gasteiger charge is 2.62. The monoisotopic (exact) mass is 262 g/mol. The Kier molecular flexibility index (Phi) is 2.79. The van der Waals surface area contributed by atoms with Crippen LogP contribution in [0, 0.1) is 0 Å². The molecule has 19 heavy (non-hydrogen) atoms. The Morgan fingerprint density at radius 1 is 1.21 bits per heavy atom. The van der Waals surface area contributed by atoms with Gasteiger partial charge in [-0.3, -0.25) is 0 Å². The summed E-state index contributed by atoms with van der Waals surface area (Å²) in [6, 6.07) is 10.4. The topological polar surface area (TPSA) is 38.7 Å². The van der Waals surface area contributed by atoms with Gasteiger partial charge in [-0.2, -0.15) is 0 Å². The van der Waals surface area contributed by atoms with Gasteiger partial charge in [0.05, 0.1) is 11.2 Å². The molecule has 2 fully saturated rings. The SMILES string of the molecule is CO[C@@]12C[C@H](c3ccccc3)[C@@](C)(C[C@](C)(O)C1)O2. The number of hydrogen-bond donors (Lipinski definition) is 1. The quantitative estimate of drug-likeness (QED) is 0.890. The van der Waals surface area contributed by atoms with Crippen LogP contribution < -0.4 is 0 Å². The average molecular weight is 262 g/mol. The molecule has 4 atom stereocenters. The molecule has 2 heterocycles. The van der Waals surface area contributed by atoms with E-state index in [0.29, 0.717) is 12.8 Å². The van der Waals surface area contributed by atoms with E-state index in [0.717, 1.165) is 6.42 Å². The van der Waals surface area contributed by atoms with Crippen molar-refractivity contribution >= 4 is 0 Å². The first kappa shape index (κ1) is 13.1. The average Bonchev–Trinajstić information content (AvgIpc) is 2.57. The lowest BCUT2D eigenvalue weighted by Gasteiger charge is -2.45. The van der Waals surface area contributed by atoms with Gasteiger partial charge >= 0.3 is 0 Å². The van der Waals surface area contributed by atoms with Crippen LogP contribution in [0.4, 0.5) is 0 Å². The van der Waals surface area contributed by atoms with E-state index in [-0.39, 0.29) is 11.5 Å². The molecule has 1 aromatic carbocycles. The van der Waals surface area contributed by atoms with Crippen molar-refractivity contribution in [2.75, 3.05) is 7.11 Å². The molecule has 1 N–H and O–H groups in total. The van der Waals surface area contributed by atoms with Gasteiger partial charge in [0.25, 0.3) is 0 Å². The van der Waals surface area contributed by atoms with Crippen molar-refractivity contribution in [2.45, 2.75) is 56.0 Å². The van der Waals surface area contributed by atoms with E-state index >= 15 is 0 Å². The summed E-state index contributed by atoms with van der Waals surface area (Å²) in [5.41, 5.74) is 0.174. The Hall–Kier alpha value is -0.900. The Morgan fingerprint density at radius 3 is 2.53 bits per heavy atom. The molecule has 2 aliphatic rings. The summed E-state index contributed by atoms with van der Waals surface area (Å²) in [5.74, 6) is -0.376. The van der Waals surface area contributed by atoms with Gasteiger partial charge in [0.1, 0.15) is 0 Å². The second-order valence-corrected chi connectivity index (χ2v) is 6.55. The fraction of sp³-hybridized carbons (Fsp3) is 0.625. The number of ether oxygens (including phenoxy) is 2. The Morgan fingerprint density at radius 2 is 1.89 bits per heavy atom. The molecule has 0 aromatic heterocycles. The van der Waals surface area contributed by atoms with Crippen LogP contribution >= 0.6 is 0 Å². The first-order valence-electron chi connectivity index (χ1n) is 6.91. The van der Waals surface area contributed by atoms with Crippen LogP contribution in [0.2, 0.25) is 0 Å². The summed E-state index contributed by atoms with van der Waals surface area (Å²) in [4.78, 5) is 0. The van der Waals surface area contributed by atoms with Gasteiger partial charge in [-0.05, 0) is 19.4 Å². The Labute approximate surface area is 114 Å². The number of fused-ring (bicyclic) bond motifs is 2. The van der Waals surface area contributed by atoms with Crippen molar-refractivity contribution in [3.63, 3.8) is 0 Å². The first-order valence-corrected chi connectivity index (χ1v) is 6.91. The second-order valence-electron chi connectivity index (χ2n) is 6.55. The van der Waals surface area contributed by atoms with E-state index < -0.39 is 11.4 Å². The highest BCUT2D eigenvalue weighted by atomic mass is 16.7. The third-order valence-electron chi connectivity index (χ3n) is 4.63. The maximum Gasteiger partial charge on any atom is 0.172 e. The molecule has 0 radical (unpaired) electrons. The molecule has 2 bridgehead atoms. The van der Waals surface area contributed by atoms with Crippen LogP contribution in [0.1, 0.15) is 44.6 Å². The van der Waals surface area contributed by atoms with Crippen LogP contribution in [-0.4, -0.2) is 29.2 Å². The van der Waals surface area contributed by atoms with E-state index in [9.17, 15) is 5.11 Å². The van der Waals surface area contributed by atoms with Crippen LogP contribution in [0.3, 0.4) is 0 Å². The molecule has 2 aliphatic heterocycles. The molecule has 0 saturated carbocycles. The van der Waals surface area contributed by atoms with Crippen molar-refractivity contribution in [1.29, 1.82) is 0 Å². The number of benzene rings is 1. The largest absolute Gasteiger partial charge is 0.390 e. The highest BCUT2D eigenvalue weighted by molar-refractivity contribution is 5.27. The van der Waals surface area contributed by atoms with E-state index in [1.807, 2.05) is 13.0 Å². The normalized spacial score (nSPS) is 45.4. The maximum absolute atomic E-state index is 10.5. The maximum atomic E-state index is 10.5. The van der Waals surface area contributed by atoms with Crippen molar-refractivity contribution in [3.05, 3.63) is 35.9 Å². The fourth-order valence-corrected chi connectivity index (χ4v) is 4.08. The zero-order valence-corrected chi connectivity index (χ0v) is 11.8. The Bertz CT molecular complexity index is 470. The molecule has 3 rings (SSSR count). The minimum atomic E-state index is -0.730. The van der Waals surface area contributed by atoms with Crippen LogP contribution in [-0.2, 0) is 9.47 Å². The summed E-state index contributed by atoms with van der Waals surface area (Å²) in [6.07, 6.45) is 1.99. The minimum Gasteiger partial charge on any atom is -0.390 e. The molecule has 0 spiro atoms. The van der Waals surface area contributed by atoms with E-state index in [2.05, 4.69) is 31.2 Å². The highest BCUT2D eigenvalue weighted by Crippen LogP contribution is 2.58.